The van der Waals surface area contributed by atoms with E-state index in [1.54, 1.807) is 5.32 Å². The standard InChI is InChI=1S/C11H10F5NO2/c1-19-10(18)9(17-5-11(14,15)16)7-4-6(12)2-3-8(7)13/h2-4,9,17H,5H2,1H3. The van der Waals surface area contributed by atoms with Gasteiger partial charge in [0, 0.05) is 5.56 Å². The van der Waals surface area contributed by atoms with Crippen molar-refractivity contribution in [1.29, 1.82) is 0 Å². The van der Waals surface area contributed by atoms with Crippen LogP contribution in [0.1, 0.15) is 11.6 Å². The molecular weight excluding hydrogens is 273 g/mol. The number of benzene rings is 1. The minimum Gasteiger partial charge on any atom is -0.468 e. The Morgan fingerprint density at radius 1 is 1.37 bits per heavy atom. The second-order valence-electron chi connectivity index (χ2n) is 3.62. The average Bonchev–Trinajstić information content (AvgIpc) is 2.31. The van der Waals surface area contributed by atoms with E-state index in [1.165, 1.54) is 0 Å². The van der Waals surface area contributed by atoms with Crippen molar-refractivity contribution >= 4 is 5.97 Å². The molecule has 1 aromatic rings. The maximum atomic E-state index is 13.4. The van der Waals surface area contributed by atoms with Crippen molar-refractivity contribution in [3.05, 3.63) is 35.4 Å². The number of ether oxygens (including phenoxy) is 1. The summed E-state index contributed by atoms with van der Waals surface area (Å²) >= 11 is 0. The van der Waals surface area contributed by atoms with Gasteiger partial charge in [0.25, 0.3) is 0 Å². The molecular formula is C11H10F5NO2. The Morgan fingerprint density at radius 3 is 2.53 bits per heavy atom. The smallest absolute Gasteiger partial charge is 0.401 e. The summed E-state index contributed by atoms with van der Waals surface area (Å²) in [5, 5.41) is 1.79. The summed E-state index contributed by atoms with van der Waals surface area (Å²) in [6.45, 7) is -1.54. The van der Waals surface area contributed by atoms with Gasteiger partial charge in [0.1, 0.15) is 17.7 Å². The number of esters is 1. The number of carbonyl (C=O) groups is 1. The van der Waals surface area contributed by atoms with Crippen molar-refractivity contribution in [2.45, 2.75) is 12.2 Å². The quantitative estimate of drug-likeness (QED) is 0.681. The topological polar surface area (TPSA) is 38.3 Å². The highest BCUT2D eigenvalue weighted by molar-refractivity contribution is 5.77. The molecule has 1 aromatic carbocycles. The minimum atomic E-state index is -4.60. The normalized spacial score (nSPS) is 13.2. The van der Waals surface area contributed by atoms with Gasteiger partial charge in [-0.1, -0.05) is 0 Å². The van der Waals surface area contributed by atoms with E-state index in [4.69, 9.17) is 0 Å². The van der Waals surface area contributed by atoms with Crippen LogP contribution < -0.4 is 5.32 Å². The lowest BCUT2D eigenvalue weighted by molar-refractivity contribution is -0.146. The lowest BCUT2D eigenvalue weighted by Gasteiger charge is -2.18. The molecule has 0 amide bonds. The molecule has 0 bridgehead atoms. The lowest BCUT2D eigenvalue weighted by Crippen LogP contribution is -2.37. The highest BCUT2D eigenvalue weighted by atomic mass is 19.4. The Morgan fingerprint density at radius 2 is 2.00 bits per heavy atom. The Kier molecular flexibility index (Phi) is 4.82. The average molecular weight is 283 g/mol. The van der Waals surface area contributed by atoms with Crippen LogP contribution in [0, 0.1) is 11.6 Å². The highest BCUT2D eigenvalue weighted by Gasteiger charge is 2.32. The van der Waals surface area contributed by atoms with Gasteiger partial charge in [-0.3, -0.25) is 5.32 Å². The predicted octanol–water partition coefficient (Wildman–Crippen LogP) is 2.33. The fourth-order valence-corrected chi connectivity index (χ4v) is 1.39. The summed E-state index contributed by atoms with van der Waals surface area (Å²) in [6, 6.07) is 0.412. The van der Waals surface area contributed by atoms with E-state index in [1.807, 2.05) is 0 Å². The van der Waals surface area contributed by atoms with Crippen LogP contribution in [-0.4, -0.2) is 25.8 Å². The van der Waals surface area contributed by atoms with Crippen molar-refractivity contribution in [3.8, 4) is 0 Å². The molecule has 0 heterocycles. The summed E-state index contributed by atoms with van der Waals surface area (Å²) < 4.78 is 67.0. The second kappa shape index (κ2) is 5.96. The fraction of sp³-hybridized carbons (Fsp3) is 0.364. The summed E-state index contributed by atoms with van der Waals surface area (Å²) in [7, 11) is 0.932. The first-order valence-electron chi connectivity index (χ1n) is 5.07. The first-order chi connectivity index (χ1) is 8.74. The third kappa shape index (κ3) is 4.47. The molecule has 0 saturated heterocycles. The molecule has 1 atom stereocenters. The van der Waals surface area contributed by atoms with Crippen molar-refractivity contribution in [1.82, 2.24) is 5.32 Å². The Balaban J connectivity index is 3.03. The van der Waals surface area contributed by atoms with E-state index in [-0.39, 0.29) is 0 Å². The van der Waals surface area contributed by atoms with Gasteiger partial charge in [0.2, 0.25) is 0 Å². The minimum absolute atomic E-state index is 0.545. The number of carbonyl (C=O) groups excluding carboxylic acids is 1. The molecule has 0 aliphatic rings. The number of nitrogens with one attached hydrogen (secondary N) is 1. The highest BCUT2D eigenvalue weighted by Crippen LogP contribution is 2.22. The predicted molar refractivity (Wildman–Crippen MR) is 55.2 cm³/mol. The van der Waals surface area contributed by atoms with Gasteiger partial charge < -0.3 is 4.74 Å². The summed E-state index contributed by atoms with van der Waals surface area (Å²) in [4.78, 5) is 11.4. The molecule has 19 heavy (non-hydrogen) atoms. The van der Waals surface area contributed by atoms with Crippen molar-refractivity contribution in [2.75, 3.05) is 13.7 Å². The first-order valence-corrected chi connectivity index (χ1v) is 5.07. The summed E-state index contributed by atoms with van der Waals surface area (Å²) in [5.41, 5.74) is -0.545. The SMILES string of the molecule is COC(=O)C(NCC(F)(F)F)c1cc(F)ccc1F. The monoisotopic (exact) mass is 283 g/mol. The lowest BCUT2D eigenvalue weighted by atomic mass is 10.1. The first kappa shape index (κ1) is 15.4. The third-order valence-electron chi connectivity index (χ3n) is 2.21. The molecule has 8 heteroatoms. The van der Waals surface area contributed by atoms with Gasteiger partial charge in [0.15, 0.2) is 0 Å². The van der Waals surface area contributed by atoms with Gasteiger partial charge in [-0.2, -0.15) is 13.2 Å². The molecule has 0 aliphatic carbocycles. The Bertz CT molecular complexity index is 461. The Labute approximate surface area is 105 Å². The van der Waals surface area contributed by atoms with Crippen LogP contribution in [0.2, 0.25) is 0 Å². The zero-order valence-corrected chi connectivity index (χ0v) is 9.72. The molecule has 0 radical (unpaired) electrons. The Hall–Kier alpha value is -1.70. The van der Waals surface area contributed by atoms with Gasteiger partial charge in [-0.25, -0.2) is 13.6 Å². The van der Waals surface area contributed by atoms with E-state index in [0.29, 0.717) is 6.07 Å². The zero-order chi connectivity index (χ0) is 14.6. The molecule has 1 rings (SSSR count). The van der Waals surface area contributed by atoms with Crippen LogP contribution in [0.5, 0.6) is 0 Å². The van der Waals surface area contributed by atoms with E-state index in [9.17, 15) is 26.7 Å². The maximum absolute atomic E-state index is 13.4. The molecule has 3 nitrogen and oxygen atoms in total. The van der Waals surface area contributed by atoms with E-state index < -0.39 is 41.9 Å². The van der Waals surface area contributed by atoms with Crippen LogP contribution in [-0.2, 0) is 9.53 Å². The number of methoxy groups -OCH3 is 1. The van der Waals surface area contributed by atoms with Crippen molar-refractivity contribution < 1.29 is 31.5 Å². The number of rotatable bonds is 4. The van der Waals surface area contributed by atoms with Gasteiger partial charge >= 0.3 is 12.1 Å². The van der Waals surface area contributed by atoms with Crippen LogP contribution in [0.25, 0.3) is 0 Å². The molecule has 0 fully saturated rings. The number of hydrogen-bond acceptors (Lipinski definition) is 3. The van der Waals surface area contributed by atoms with Crippen LogP contribution >= 0.6 is 0 Å². The zero-order valence-electron chi connectivity index (χ0n) is 9.72. The maximum Gasteiger partial charge on any atom is 0.401 e. The largest absolute Gasteiger partial charge is 0.468 e. The van der Waals surface area contributed by atoms with Gasteiger partial charge in [-0.15, -0.1) is 0 Å². The van der Waals surface area contributed by atoms with E-state index in [2.05, 4.69) is 4.74 Å². The summed E-state index contributed by atoms with van der Waals surface area (Å²) in [6.07, 6.45) is -4.60. The number of halogens is 5. The van der Waals surface area contributed by atoms with Gasteiger partial charge in [0.05, 0.1) is 13.7 Å². The molecule has 0 spiro atoms. The molecule has 1 N–H and O–H groups in total. The van der Waals surface area contributed by atoms with Crippen LogP contribution in [0.15, 0.2) is 18.2 Å². The molecule has 106 valence electrons. The van der Waals surface area contributed by atoms with Crippen molar-refractivity contribution in [2.24, 2.45) is 0 Å². The molecule has 1 unspecified atom stereocenters. The van der Waals surface area contributed by atoms with E-state index >= 15 is 0 Å². The second-order valence-corrected chi connectivity index (χ2v) is 3.62. The van der Waals surface area contributed by atoms with Crippen LogP contribution in [0.4, 0.5) is 22.0 Å². The molecule has 0 aliphatic heterocycles. The molecule has 0 aromatic heterocycles. The van der Waals surface area contributed by atoms with Crippen molar-refractivity contribution in [3.63, 3.8) is 0 Å². The summed E-state index contributed by atoms with van der Waals surface area (Å²) in [5.74, 6) is -3.03. The number of alkyl halides is 3. The third-order valence-corrected chi connectivity index (χ3v) is 2.21. The van der Waals surface area contributed by atoms with Crippen LogP contribution in [0.3, 0.4) is 0 Å². The van der Waals surface area contributed by atoms with Gasteiger partial charge in [-0.05, 0) is 18.2 Å². The molecule has 0 saturated carbocycles. The fourth-order valence-electron chi connectivity index (χ4n) is 1.39. The van der Waals surface area contributed by atoms with E-state index in [0.717, 1.165) is 19.2 Å². The number of hydrogen-bond donors (Lipinski definition) is 1.